The number of piperazine rings is 1. The quantitative estimate of drug-likeness (QED) is 0.670. The van der Waals surface area contributed by atoms with Crippen LogP contribution < -0.4 is 0 Å². The van der Waals surface area contributed by atoms with Crippen molar-refractivity contribution in [3.63, 3.8) is 0 Å². The summed E-state index contributed by atoms with van der Waals surface area (Å²) < 4.78 is 5.32. The third-order valence-corrected chi connectivity index (χ3v) is 6.49. The van der Waals surface area contributed by atoms with E-state index in [1.165, 1.54) is 38.5 Å². The van der Waals surface area contributed by atoms with Gasteiger partial charge in [-0.05, 0) is 25.7 Å². The van der Waals surface area contributed by atoms with Gasteiger partial charge in [0.25, 0.3) is 0 Å². The SMILES string of the molecule is O=C(CN1CCN(CC(=O)N(C2CCCC2)C2CC2)CC1)N1CCOCC1. The summed E-state index contributed by atoms with van der Waals surface area (Å²) in [4.78, 5) is 34.0. The highest BCUT2D eigenvalue weighted by Gasteiger charge is 2.38. The van der Waals surface area contributed by atoms with Crippen molar-refractivity contribution in [2.75, 3.05) is 65.6 Å². The summed E-state index contributed by atoms with van der Waals surface area (Å²) in [6.07, 6.45) is 7.33. The summed E-state index contributed by atoms with van der Waals surface area (Å²) in [6.45, 7) is 7.29. The topological polar surface area (TPSA) is 56.3 Å². The fourth-order valence-electron chi connectivity index (χ4n) is 4.72. The lowest BCUT2D eigenvalue weighted by Gasteiger charge is -2.37. The van der Waals surface area contributed by atoms with Crippen molar-refractivity contribution in [3.05, 3.63) is 0 Å². The number of carbonyl (C=O) groups excluding carboxylic acids is 2. The fraction of sp³-hybridized carbons (Fsp3) is 0.900. The minimum atomic E-state index is 0.212. The van der Waals surface area contributed by atoms with Crippen LogP contribution in [0.4, 0.5) is 0 Å². The molecule has 2 saturated heterocycles. The molecule has 2 aliphatic carbocycles. The van der Waals surface area contributed by atoms with Gasteiger partial charge in [0, 0.05) is 51.4 Å². The molecule has 2 aliphatic heterocycles. The molecule has 7 heteroatoms. The number of morpholine rings is 1. The van der Waals surface area contributed by atoms with Crippen molar-refractivity contribution < 1.29 is 14.3 Å². The molecule has 0 bridgehead atoms. The van der Waals surface area contributed by atoms with Crippen LogP contribution in [0, 0.1) is 0 Å². The number of rotatable bonds is 6. The van der Waals surface area contributed by atoms with Crippen molar-refractivity contribution in [1.29, 1.82) is 0 Å². The van der Waals surface area contributed by atoms with Crippen LogP contribution in [0.25, 0.3) is 0 Å². The second-order valence-corrected chi connectivity index (χ2v) is 8.52. The molecule has 0 atom stereocenters. The standard InChI is InChI=1S/C20H34N4O3/c25-19(23-11-13-27-14-12-23)15-21-7-9-22(10-8-21)16-20(26)24(18-5-6-18)17-3-1-2-4-17/h17-18H,1-16H2. The number of nitrogens with zero attached hydrogens (tertiary/aromatic N) is 4. The maximum atomic E-state index is 12.9. The van der Waals surface area contributed by atoms with E-state index in [9.17, 15) is 9.59 Å². The monoisotopic (exact) mass is 378 g/mol. The van der Waals surface area contributed by atoms with Crippen LogP contribution in [0.15, 0.2) is 0 Å². The van der Waals surface area contributed by atoms with E-state index in [-0.39, 0.29) is 5.91 Å². The predicted molar refractivity (Wildman–Crippen MR) is 102 cm³/mol. The second-order valence-electron chi connectivity index (χ2n) is 8.52. The Kier molecular flexibility index (Phi) is 6.30. The minimum absolute atomic E-state index is 0.212. The number of hydrogen-bond acceptors (Lipinski definition) is 5. The predicted octanol–water partition coefficient (Wildman–Crippen LogP) is 0.396. The van der Waals surface area contributed by atoms with Crippen molar-refractivity contribution >= 4 is 11.8 Å². The van der Waals surface area contributed by atoms with Gasteiger partial charge in [-0.25, -0.2) is 0 Å². The lowest BCUT2D eigenvalue weighted by molar-refractivity contribution is -0.138. The van der Waals surface area contributed by atoms with Crippen LogP contribution in [0.5, 0.6) is 0 Å². The molecule has 2 saturated carbocycles. The third kappa shape index (κ3) is 5.00. The molecule has 4 fully saturated rings. The van der Waals surface area contributed by atoms with Gasteiger partial charge in [-0.1, -0.05) is 12.8 Å². The fourth-order valence-corrected chi connectivity index (χ4v) is 4.72. The number of carbonyl (C=O) groups is 2. The van der Waals surface area contributed by atoms with Gasteiger partial charge in [0.2, 0.25) is 11.8 Å². The van der Waals surface area contributed by atoms with Crippen LogP contribution in [0.3, 0.4) is 0 Å². The maximum absolute atomic E-state index is 12.9. The Bertz CT molecular complexity index is 519. The van der Waals surface area contributed by atoms with E-state index in [0.29, 0.717) is 57.4 Å². The molecule has 2 amide bonds. The molecule has 27 heavy (non-hydrogen) atoms. The molecule has 4 aliphatic rings. The van der Waals surface area contributed by atoms with E-state index >= 15 is 0 Å². The van der Waals surface area contributed by atoms with Crippen LogP contribution in [0.2, 0.25) is 0 Å². The molecule has 0 aromatic carbocycles. The molecule has 4 rings (SSSR count). The van der Waals surface area contributed by atoms with Crippen molar-refractivity contribution in [1.82, 2.24) is 19.6 Å². The van der Waals surface area contributed by atoms with Crippen molar-refractivity contribution in [2.24, 2.45) is 0 Å². The third-order valence-electron chi connectivity index (χ3n) is 6.49. The Morgan fingerprint density at radius 3 is 1.93 bits per heavy atom. The maximum Gasteiger partial charge on any atom is 0.237 e. The lowest BCUT2D eigenvalue weighted by atomic mass is 10.2. The first-order valence-electron chi connectivity index (χ1n) is 10.8. The number of amides is 2. The van der Waals surface area contributed by atoms with Gasteiger partial charge in [-0.3, -0.25) is 19.4 Å². The van der Waals surface area contributed by atoms with E-state index in [1.54, 1.807) is 0 Å². The average Bonchev–Trinajstić information content (AvgIpc) is 3.37. The molecular formula is C20H34N4O3. The molecule has 0 radical (unpaired) electrons. The highest BCUT2D eigenvalue weighted by molar-refractivity contribution is 5.79. The molecule has 0 N–H and O–H groups in total. The molecular weight excluding hydrogens is 344 g/mol. The largest absolute Gasteiger partial charge is 0.378 e. The lowest BCUT2D eigenvalue weighted by Crippen LogP contribution is -2.54. The van der Waals surface area contributed by atoms with Gasteiger partial charge in [0.05, 0.1) is 26.3 Å². The summed E-state index contributed by atoms with van der Waals surface area (Å²) >= 11 is 0. The normalized spacial score (nSPS) is 25.7. The van der Waals surface area contributed by atoms with Gasteiger partial charge in [-0.15, -0.1) is 0 Å². The number of ether oxygens (including phenoxy) is 1. The molecule has 0 spiro atoms. The van der Waals surface area contributed by atoms with E-state index in [2.05, 4.69) is 14.7 Å². The zero-order valence-corrected chi connectivity index (χ0v) is 16.5. The van der Waals surface area contributed by atoms with E-state index in [0.717, 1.165) is 26.2 Å². The summed E-state index contributed by atoms with van der Waals surface area (Å²) in [5.41, 5.74) is 0. The Balaban J connectivity index is 1.20. The summed E-state index contributed by atoms with van der Waals surface area (Å²) in [5.74, 6) is 0.547. The smallest absolute Gasteiger partial charge is 0.237 e. The summed E-state index contributed by atoms with van der Waals surface area (Å²) in [6, 6.07) is 1.02. The molecule has 7 nitrogen and oxygen atoms in total. The van der Waals surface area contributed by atoms with Crippen molar-refractivity contribution in [2.45, 2.75) is 50.6 Å². The van der Waals surface area contributed by atoms with Crippen LogP contribution in [-0.2, 0) is 14.3 Å². The van der Waals surface area contributed by atoms with Crippen LogP contribution in [-0.4, -0.2) is 109 Å². The summed E-state index contributed by atoms with van der Waals surface area (Å²) in [7, 11) is 0. The molecule has 152 valence electrons. The Hall–Kier alpha value is -1.18. The van der Waals surface area contributed by atoms with E-state index in [4.69, 9.17) is 4.74 Å². The van der Waals surface area contributed by atoms with Gasteiger partial charge >= 0.3 is 0 Å². The molecule has 0 aromatic heterocycles. The first-order chi connectivity index (χ1) is 13.2. The van der Waals surface area contributed by atoms with E-state index < -0.39 is 0 Å². The van der Waals surface area contributed by atoms with Crippen LogP contribution >= 0.6 is 0 Å². The number of hydrogen-bond donors (Lipinski definition) is 0. The highest BCUT2D eigenvalue weighted by atomic mass is 16.5. The van der Waals surface area contributed by atoms with Gasteiger partial charge < -0.3 is 14.5 Å². The van der Waals surface area contributed by atoms with Gasteiger partial charge in [-0.2, -0.15) is 0 Å². The second kappa shape index (κ2) is 8.88. The zero-order chi connectivity index (χ0) is 18.6. The Labute approximate surface area is 162 Å². The first kappa shape index (κ1) is 19.2. The molecule has 0 unspecified atom stereocenters. The zero-order valence-electron chi connectivity index (χ0n) is 16.5. The van der Waals surface area contributed by atoms with Crippen molar-refractivity contribution in [3.8, 4) is 0 Å². The Morgan fingerprint density at radius 1 is 0.778 bits per heavy atom. The summed E-state index contributed by atoms with van der Waals surface area (Å²) in [5, 5.41) is 0. The van der Waals surface area contributed by atoms with E-state index in [1.807, 2.05) is 4.90 Å². The van der Waals surface area contributed by atoms with Gasteiger partial charge in [0.1, 0.15) is 0 Å². The molecule has 0 aromatic rings. The average molecular weight is 379 g/mol. The highest BCUT2D eigenvalue weighted by Crippen LogP contribution is 2.34. The van der Waals surface area contributed by atoms with Crippen LogP contribution in [0.1, 0.15) is 38.5 Å². The first-order valence-corrected chi connectivity index (χ1v) is 10.8. The minimum Gasteiger partial charge on any atom is -0.378 e. The Morgan fingerprint density at radius 2 is 1.33 bits per heavy atom. The van der Waals surface area contributed by atoms with Gasteiger partial charge in [0.15, 0.2) is 0 Å². The molecule has 2 heterocycles.